The average molecular weight is 476 g/mol. The van der Waals surface area contributed by atoms with Gasteiger partial charge in [0, 0.05) is 36.1 Å². The van der Waals surface area contributed by atoms with Gasteiger partial charge in [0.15, 0.2) is 11.4 Å². The summed E-state index contributed by atoms with van der Waals surface area (Å²) in [7, 11) is 0. The van der Waals surface area contributed by atoms with E-state index in [0.29, 0.717) is 36.3 Å². The van der Waals surface area contributed by atoms with Crippen molar-refractivity contribution in [1.82, 2.24) is 39.7 Å². The molecule has 3 N–H and O–H groups in total. The standard InChI is InChI=1S/C24H29N9O2/c1-4-11-32(24(35)22-27-14-28-31-22)17(5-2)8-9-19-20(15(3)34)21(25)33-23(30-19)18(13-29-33)16-7-6-10-26-12-16/h6-7,10,12-14,17H,4-5,8-9,11,25H2,1-3H3,(H,27,28,31)/t17-/m1/s1. The first-order chi connectivity index (χ1) is 17.0. The molecule has 0 spiro atoms. The Labute approximate surface area is 202 Å². The molecule has 4 rings (SSSR count). The number of nitrogens with one attached hydrogen (secondary N) is 1. The van der Waals surface area contributed by atoms with E-state index in [4.69, 9.17) is 10.7 Å². The van der Waals surface area contributed by atoms with Gasteiger partial charge in [0.25, 0.3) is 5.91 Å². The normalized spacial score (nSPS) is 12.1. The molecular formula is C24H29N9O2. The van der Waals surface area contributed by atoms with E-state index in [-0.39, 0.29) is 29.4 Å². The van der Waals surface area contributed by atoms with Gasteiger partial charge < -0.3 is 15.6 Å². The van der Waals surface area contributed by atoms with E-state index in [1.165, 1.54) is 17.8 Å². The molecule has 1 atom stereocenters. The zero-order valence-corrected chi connectivity index (χ0v) is 20.1. The van der Waals surface area contributed by atoms with E-state index in [1.54, 1.807) is 18.6 Å². The summed E-state index contributed by atoms with van der Waals surface area (Å²) in [5.74, 6) is 0.0939. The number of nitrogens with zero attached hydrogens (tertiary/aromatic N) is 7. The number of hydrogen-bond donors (Lipinski definition) is 2. The second kappa shape index (κ2) is 10.4. The summed E-state index contributed by atoms with van der Waals surface area (Å²) in [6.07, 6.45) is 9.12. The highest BCUT2D eigenvalue weighted by Gasteiger charge is 2.26. The number of hydrogen-bond acceptors (Lipinski definition) is 8. The number of aromatic nitrogens is 7. The fraction of sp³-hybridized carbons (Fsp3) is 0.375. The molecule has 0 aliphatic heterocycles. The van der Waals surface area contributed by atoms with Gasteiger partial charge in [-0.3, -0.25) is 14.6 Å². The molecule has 1 amide bonds. The zero-order chi connectivity index (χ0) is 24.9. The van der Waals surface area contributed by atoms with Crippen LogP contribution >= 0.6 is 0 Å². The molecule has 0 saturated carbocycles. The number of pyridine rings is 1. The Balaban J connectivity index is 1.69. The van der Waals surface area contributed by atoms with Crippen LogP contribution in [-0.4, -0.2) is 63.9 Å². The number of nitrogen functional groups attached to an aromatic ring is 1. The van der Waals surface area contributed by atoms with Gasteiger partial charge in [-0.1, -0.05) is 19.9 Å². The summed E-state index contributed by atoms with van der Waals surface area (Å²) in [5, 5.41) is 12.0. The van der Waals surface area contributed by atoms with Crippen molar-refractivity contribution in [3.05, 3.63) is 54.1 Å². The molecule has 0 unspecified atom stereocenters. The lowest BCUT2D eigenvalue weighted by atomic mass is 10.0. The Morgan fingerprint density at radius 1 is 1.26 bits per heavy atom. The molecule has 4 aromatic heterocycles. The molecule has 0 aromatic carbocycles. The van der Waals surface area contributed by atoms with Crippen LogP contribution in [0.4, 0.5) is 5.82 Å². The minimum Gasteiger partial charge on any atom is -0.383 e. The van der Waals surface area contributed by atoms with E-state index >= 15 is 0 Å². The van der Waals surface area contributed by atoms with Gasteiger partial charge in [0.1, 0.15) is 12.1 Å². The second-order valence-corrected chi connectivity index (χ2v) is 8.35. The van der Waals surface area contributed by atoms with Crippen molar-refractivity contribution in [3.63, 3.8) is 0 Å². The molecule has 182 valence electrons. The summed E-state index contributed by atoms with van der Waals surface area (Å²) in [4.78, 5) is 39.3. The number of carbonyl (C=O) groups is 2. The van der Waals surface area contributed by atoms with Crippen molar-refractivity contribution < 1.29 is 9.59 Å². The summed E-state index contributed by atoms with van der Waals surface area (Å²) in [6.45, 7) is 6.12. The van der Waals surface area contributed by atoms with Crippen molar-refractivity contribution in [1.29, 1.82) is 0 Å². The third-order valence-electron chi connectivity index (χ3n) is 6.05. The first-order valence-electron chi connectivity index (χ1n) is 11.7. The summed E-state index contributed by atoms with van der Waals surface area (Å²) < 4.78 is 1.50. The van der Waals surface area contributed by atoms with Crippen molar-refractivity contribution in [3.8, 4) is 11.1 Å². The maximum Gasteiger partial charge on any atom is 0.291 e. The van der Waals surface area contributed by atoms with Gasteiger partial charge in [-0.15, -0.1) is 10.2 Å². The van der Waals surface area contributed by atoms with E-state index < -0.39 is 0 Å². The number of aryl methyl sites for hydroxylation is 1. The molecule has 0 aliphatic carbocycles. The number of Topliss-reactive ketones (excluding diaryl/α,β-unsaturated/α-hetero) is 1. The van der Waals surface area contributed by atoms with Crippen LogP contribution in [0.1, 0.15) is 66.7 Å². The van der Waals surface area contributed by atoms with Crippen LogP contribution in [0.5, 0.6) is 0 Å². The summed E-state index contributed by atoms with van der Waals surface area (Å²) in [5.41, 5.74) is 9.56. The maximum atomic E-state index is 13.1. The van der Waals surface area contributed by atoms with Crippen LogP contribution in [0, 0.1) is 0 Å². The molecule has 0 bridgehead atoms. The average Bonchev–Trinajstić information content (AvgIpc) is 3.54. The van der Waals surface area contributed by atoms with Gasteiger partial charge in [-0.05, 0) is 38.7 Å². The number of ketones is 1. The third-order valence-corrected chi connectivity index (χ3v) is 6.05. The lowest BCUT2D eigenvalue weighted by Crippen LogP contribution is -2.41. The summed E-state index contributed by atoms with van der Waals surface area (Å²) in [6, 6.07) is 3.69. The molecule has 4 heterocycles. The minimum atomic E-state index is -0.194. The number of aromatic amines is 1. The van der Waals surface area contributed by atoms with Gasteiger partial charge >= 0.3 is 0 Å². The first-order valence-corrected chi connectivity index (χ1v) is 11.7. The fourth-order valence-electron chi connectivity index (χ4n) is 4.37. The SMILES string of the molecule is CCCN(C(=O)c1nnc[nH]1)[C@H](CC)CCc1nc2c(-c3cccnc3)cnn2c(N)c1C(C)=O. The molecule has 11 heteroatoms. The Morgan fingerprint density at radius 3 is 2.71 bits per heavy atom. The van der Waals surface area contributed by atoms with E-state index in [9.17, 15) is 9.59 Å². The highest BCUT2D eigenvalue weighted by Crippen LogP contribution is 2.28. The Hall–Kier alpha value is -4.15. The van der Waals surface area contributed by atoms with Gasteiger partial charge in [-0.2, -0.15) is 9.61 Å². The maximum absolute atomic E-state index is 13.1. The lowest BCUT2D eigenvalue weighted by Gasteiger charge is -2.30. The van der Waals surface area contributed by atoms with Gasteiger partial charge in [0.05, 0.1) is 17.5 Å². The van der Waals surface area contributed by atoms with Crippen molar-refractivity contribution in [2.45, 2.75) is 52.5 Å². The first kappa shape index (κ1) is 24.0. The predicted octanol–water partition coefficient (Wildman–Crippen LogP) is 2.96. The molecule has 0 radical (unpaired) electrons. The quantitative estimate of drug-likeness (QED) is 0.333. The predicted molar refractivity (Wildman–Crippen MR) is 131 cm³/mol. The topological polar surface area (TPSA) is 148 Å². The van der Waals surface area contributed by atoms with E-state index in [2.05, 4.69) is 25.3 Å². The monoisotopic (exact) mass is 475 g/mol. The highest BCUT2D eigenvalue weighted by molar-refractivity contribution is 6.00. The highest BCUT2D eigenvalue weighted by atomic mass is 16.2. The van der Waals surface area contributed by atoms with Gasteiger partial charge in [0.2, 0.25) is 5.82 Å². The number of nitrogens with two attached hydrogens (primary N) is 1. The molecule has 0 fully saturated rings. The molecule has 35 heavy (non-hydrogen) atoms. The van der Waals surface area contributed by atoms with Crippen molar-refractivity contribution in [2.24, 2.45) is 0 Å². The lowest BCUT2D eigenvalue weighted by molar-refractivity contribution is 0.0650. The fourth-order valence-corrected chi connectivity index (χ4v) is 4.37. The second-order valence-electron chi connectivity index (χ2n) is 8.35. The largest absolute Gasteiger partial charge is 0.383 e. The Kier molecular flexibility index (Phi) is 7.14. The minimum absolute atomic E-state index is 0.0747. The molecule has 4 aromatic rings. The smallest absolute Gasteiger partial charge is 0.291 e. The third kappa shape index (κ3) is 4.75. The van der Waals surface area contributed by atoms with Crippen LogP contribution in [0.2, 0.25) is 0 Å². The molecule has 0 aliphatic rings. The van der Waals surface area contributed by atoms with Crippen LogP contribution < -0.4 is 5.73 Å². The van der Waals surface area contributed by atoms with Crippen LogP contribution in [0.15, 0.2) is 37.1 Å². The Bertz CT molecular complexity index is 1320. The molecular weight excluding hydrogens is 446 g/mol. The number of fused-ring (bicyclic) bond motifs is 1. The Morgan fingerprint density at radius 2 is 2.09 bits per heavy atom. The number of H-pyrrole nitrogens is 1. The van der Waals surface area contributed by atoms with Crippen molar-refractivity contribution in [2.75, 3.05) is 12.3 Å². The number of amides is 1. The zero-order valence-electron chi connectivity index (χ0n) is 20.1. The van der Waals surface area contributed by atoms with Crippen molar-refractivity contribution >= 4 is 23.2 Å². The van der Waals surface area contributed by atoms with Gasteiger partial charge in [-0.25, -0.2) is 4.98 Å². The van der Waals surface area contributed by atoms with E-state index in [1.807, 2.05) is 30.9 Å². The van der Waals surface area contributed by atoms with Crippen LogP contribution in [0.3, 0.4) is 0 Å². The van der Waals surface area contributed by atoms with Crippen LogP contribution in [0.25, 0.3) is 16.8 Å². The number of rotatable bonds is 10. The molecule has 0 saturated heterocycles. The number of anilines is 1. The number of carbonyl (C=O) groups excluding carboxylic acids is 2. The molecule has 11 nitrogen and oxygen atoms in total. The van der Waals surface area contributed by atoms with E-state index in [0.717, 1.165) is 24.0 Å². The summed E-state index contributed by atoms with van der Waals surface area (Å²) >= 11 is 0. The van der Waals surface area contributed by atoms with Crippen LogP contribution in [-0.2, 0) is 6.42 Å².